The quantitative estimate of drug-likeness (QED) is 0.828. The number of nitrogens with two attached hydrogens (primary N) is 1. The normalized spacial score (nSPS) is 25.1. The van der Waals surface area contributed by atoms with Gasteiger partial charge in [-0.25, -0.2) is 4.98 Å². The van der Waals surface area contributed by atoms with Crippen LogP contribution < -0.4 is 10.6 Å². The van der Waals surface area contributed by atoms with Gasteiger partial charge in [-0.05, 0) is 37.8 Å². The summed E-state index contributed by atoms with van der Waals surface area (Å²) in [4.78, 5) is 6.93. The third-order valence-corrected chi connectivity index (χ3v) is 3.53. The maximum Gasteiger partial charge on any atom is 0.133 e. The molecule has 16 heavy (non-hydrogen) atoms. The molecular weight excluding hydrogens is 198 g/mol. The molecule has 0 radical (unpaired) electrons. The zero-order valence-electron chi connectivity index (χ0n) is 10.4. The van der Waals surface area contributed by atoms with E-state index in [1.807, 2.05) is 12.3 Å². The Kier molecular flexibility index (Phi) is 3.15. The molecule has 1 saturated heterocycles. The molecule has 0 spiro atoms. The van der Waals surface area contributed by atoms with Crippen LogP contribution in [0.15, 0.2) is 12.3 Å². The summed E-state index contributed by atoms with van der Waals surface area (Å²) >= 11 is 0. The van der Waals surface area contributed by atoms with Gasteiger partial charge in [0.1, 0.15) is 5.82 Å². The van der Waals surface area contributed by atoms with Gasteiger partial charge in [-0.3, -0.25) is 0 Å². The van der Waals surface area contributed by atoms with E-state index in [2.05, 4.69) is 30.7 Å². The fourth-order valence-electron chi connectivity index (χ4n) is 2.67. The first-order chi connectivity index (χ1) is 7.63. The molecule has 3 heteroatoms. The van der Waals surface area contributed by atoms with Crippen molar-refractivity contribution in [3.63, 3.8) is 0 Å². The maximum atomic E-state index is 5.83. The summed E-state index contributed by atoms with van der Waals surface area (Å²) in [6.45, 7) is 8.36. The molecule has 1 aromatic rings. The van der Waals surface area contributed by atoms with Gasteiger partial charge in [0.05, 0.1) is 0 Å². The van der Waals surface area contributed by atoms with Crippen molar-refractivity contribution < 1.29 is 0 Å². The molecule has 0 amide bonds. The van der Waals surface area contributed by atoms with Crippen molar-refractivity contribution in [1.29, 1.82) is 0 Å². The van der Waals surface area contributed by atoms with Crippen LogP contribution in [0, 0.1) is 12.8 Å². The lowest BCUT2D eigenvalue weighted by Gasteiger charge is -2.25. The summed E-state index contributed by atoms with van der Waals surface area (Å²) in [5.74, 6) is 1.85. The molecule has 2 unspecified atom stereocenters. The van der Waals surface area contributed by atoms with Gasteiger partial charge in [-0.15, -0.1) is 0 Å². The second kappa shape index (κ2) is 4.42. The zero-order valence-corrected chi connectivity index (χ0v) is 10.4. The molecule has 88 valence electrons. The number of hydrogen-bond acceptors (Lipinski definition) is 3. The van der Waals surface area contributed by atoms with Gasteiger partial charge in [0.2, 0.25) is 0 Å². The Labute approximate surface area is 97.7 Å². The van der Waals surface area contributed by atoms with Crippen LogP contribution in [-0.4, -0.2) is 17.6 Å². The highest BCUT2D eigenvalue weighted by Crippen LogP contribution is 2.30. The molecule has 2 heterocycles. The molecule has 2 N–H and O–H groups in total. The standard InChI is InChI=1S/C13H21N3/c1-9-6-11(3)16(8-9)13-12(7-14)10(2)4-5-15-13/h4-5,9,11H,6-8,14H2,1-3H3. The van der Waals surface area contributed by atoms with E-state index in [9.17, 15) is 0 Å². The fraction of sp³-hybridized carbons (Fsp3) is 0.615. The number of aromatic nitrogens is 1. The minimum atomic E-state index is 0.576. The lowest BCUT2D eigenvalue weighted by atomic mass is 10.1. The van der Waals surface area contributed by atoms with Crippen molar-refractivity contribution in [2.45, 2.75) is 39.8 Å². The minimum Gasteiger partial charge on any atom is -0.353 e. The van der Waals surface area contributed by atoms with Crippen LogP contribution in [0.1, 0.15) is 31.4 Å². The molecule has 2 atom stereocenters. The van der Waals surface area contributed by atoms with E-state index in [1.165, 1.54) is 17.5 Å². The summed E-state index contributed by atoms with van der Waals surface area (Å²) in [6.07, 6.45) is 3.14. The highest BCUT2D eigenvalue weighted by Gasteiger charge is 2.28. The summed E-state index contributed by atoms with van der Waals surface area (Å²) in [5, 5.41) is 0. The van der Waals surface area contributed by atoms with Crippen molar-refractivity contribution in [2.24, 2.45) is 11.7 Å². The van der Waals surface area contributed by atoms with Gasteiger partial charge in [0.25, 0.3) is 0 Å². The number of anilines is 1. The van der Waals surface area contributed by atoms with Gasteiger partial charge < -0.3 is 10.6 Å². The van der Waals surface area contributed by atoms with Crippen molar-refractivity contribution in [2.75, 3.05) is 11.4 Å². The lowest BCUT2D eigenvalue weighted by molar-refractivity contribution is 0.625. The van der Waals surface area contributed by atoms with Crippen molar-refractivity contribution in [3.05, 3.63) is 23.4 Å². The molecule has 0 aliphatic carbocycles. The van der Waals surface area contributed by atoms with E-state index in [1.54, 1.807) is 0 Å². The first-order valence-corrected chi connectivity index (χ1v) is 6.04. The van der Waals surface area contributed by atoms with Crippen molar-refractivity contribution in [1.82, 2.24) is 4.98 Å². The smallest absolute Gasteiger partial charge is 0.133 e. The molecule has 0 bridgehead atoms. The number of nitrogens with zero attached hydrogens (tertiary/aromatic N) is 2. The van der Waals surface area contributed by atoms with Gasteiger partial charge in [0.15, 0.2) is 0 Å². The van der Waals surface area contributed by atoms with E-state index in [0.29, 0.717) is 12.6 Å². The number of hydrogen-bond donors (Lipinski definition) is 1. The molecule has 0 saturated carbocycles. The molecule has 1 aliphatic heterocycles. The average Bonchev–Trinajstić information content (AvgIpc) is 2.57. The van der Waals surface area contributed by atoms with Gasteiger partial charge in [-0.1, -0.05) is 6.92 Å². The average molecular weight is 219 g/mol. The first-order valence-electron chi connectivity index (χ1n) is 6.04. The van der Waals surface area contributed by atoms with Crippen LogP contribution >= 0.6 is 0 Å². The van der Waals surface area contributed by atoms with Crippen molar-refractivity contribution >= 4 is 5.82 Å². The third-order valence-electron chi connectivity index (χ3n) is 3.53. The largest absolute Gasteiger partial charge is 0.353 e. The number of aryl methyl sites for hydroxylation is 1. The zero-order chi connectivity index (χ0) is 11.7. The SMILES string of the molecule is Cc1ccnc(N2CC(C)CC2C)c1CN. The van der Waals surface area contributed by atoms with Crippen molar-refractivity contribution in [3.8, 4) is 0 Å². The molecule has 3 nitrogen and oxygen atoms in total. The van der Waals surface area contributed by atoms with Crippen LogP contribution in [0.25, 0.3) is 0 Å². The van der Waals surface area contributed by atoms with Gasteiger partial charge in [-0.2, -0.15) is 0 Å². The monoisotopic (exact) mass is 219 g/mol. The van der Waals surface area contributed by atoms with Crippen LogP contribution in [0.3, 0.4) is 0 Å². The Bertz CT molecular complexity index is 375. The van der Waals surface area contributed by atoms with Crippen LogP contribution in [0.4, 0.5) is 5.82 Å². The van der Waals surface area contributed by atoms with Gasteiger partial charge in [0, 0.05) is 30.9 Å². The lowest BCUT2D eigenvalue weighted by Crippen LogP contribution is -2.29. The van der Waals surface area contributed by atoms with E-state index >= 15 is 0 Å². The summed E-state index contributed by atoms with van der Waals surface area (Å²) in [6, 6.07) is 2.62. The summed E-state index contributed by atoms with van der Waals surface area (Å²) < 4.78 is 0. The van der Waals surface area contributed by atoms with E-state index in [-0.39, 0.29) is 0 Å². The Morgan fingerprint density at radius 2 is 2.25 bits per heavy atom. The van der Waals surface area contributed by atoms with E-state index in [0.717, 1.165) is 18.3 Å². The first kappa shape index (κ1) is 11.4. The Balaban J connectivity index is 2.36. The second-order valence-corrected chi connectivity index (χ2v) is 4.98. The Hall–Kier alpha value is -1.09. The molecule has 0 aromatic carbocycles. The fourth-order valence-corrected chi connectivity index (χ4v) is 2.67. The van der Waals surface area contributed by atoms with E-state index < -0.39 is 0 Å². The predicted molar refractivity (Wildman–Crippen MR) is 67.5 cm³/mol. The minimum absolute atomic E-state index is 0.576. The Morgan fingerprint density at radius 3 is 2.81 bits per heavy atom. The predicted octanol–water partition coefficient (Wildman–Crippen LogP) is 2.08. The topological polar surface area (TPSA) is 42.2 Å². The third kappa shape index (κ3) is 1.92. The molecule has 2 rings (SSSR count). The van der Waals surface area contributed by atoms with Crippen LogP contribution in [-0.2, 0) is 6.54 Å². The summed E-state index contributed by atoms with van der Waals surface area (Å²) in [7, 11) is 0. The van der Waals surface area contributed by atoms with Crippen LogP contribution in [0.2, 0.25) is 0 Å². The molecule has 1 fully saturated rings. The maximum absolute atomic E-state index is 5.83. The highest BCUT2D eigenvalue weighted by molar-refractivity contribution is 5.51. The summed E-state index contributed by atoms with van der Waals surface area (Å²) in [5.41, 5.74) is 8.28. The number of rotatable bonds is 2. The molecule has 1 aromatic heterocycles. The Morgan fingerprint density at radius 1 is 1.50 bits per heavy atom. The van der Waals surface area contributed by atoms with E-state index in [4.69, 9.17) is 5.73 Å². The highest BCUT2D eigenvalue weighted by atomic mass is 15.2. The number of pyridine rings is 1. The van der Waals surface area contributed by atoms with Crippen LogP contribution in [0.5, 0.6) is 0 Å². The van der Waals surface area contributed by atoms with Gasteiger partial charge >= 0.3 is 0 Å². The second-order valence-electron chi connectivity index (χ2n) is 4.98. The molecular formula is C13H21N3. The molecule has 1 aliphatic rings.